The Labute approximate surface area is 98.7 Å². The highest BCUT2D eigenvalue weighted by molar-refractivity contribution is 5.29. The zero-order valence-electron chi connectivity index (χ0n) is 10.6. The Bertz CT molecular complexity index is 309. The summed E-state index contributed by atoms with van der Waals surface area (Å²) >= 11 is 0. The van der Waals surface area contributed by atoms with E-state index in [2.05, 4.69) is 24.0 Å². The Morgan fingerprint density at radius 1 is 1.25 bits per heavy atom. The van der Waals surface area contributed by atoms with Gasteiger partial charge >= 0.3 is 0 Å². The predicted molar refractivity (Wildman–Crippen MR) is 63.5 cm³/mol. The maximum absolute atomic E-state index is 9.09. The van der Waals surface area contributed by atoms with Gasteiger partial charge in [0, 0.05) is 6.54 Å². The summed E-state index contributed by atoms with van der Waals surface area (Å²) in [7, 11) is 0. The van der Waals surface area contributed by atoms with Gasteiger partial charge in [-0.15, -0.1) is 0 Å². The lowest BCUT2D eigenvalue weighted by Crippen LogP contribution is -2.34. The Hall–Kier alpha value is -1.06. The number of hydrogen-bond acceptors (Lipinski definition) is 3. The van der Waals surface area contributed by atoms with Crippen LogP contribution in [0.1, 0.15) is 46.5 Å². The van der Waals surface area contributed by atoms with Crippen molar-refractivity contribution in [2.45, 2.75) is 52.0 Å². The Balaban J connectivity index is 2.42. The second-order valence-corrected chi connectivity index (χ2v) is 5.10. The van der Waals surface area contributed by atoms with E-state index >= 15 is 0 Å². The molecular weight excluding hydrogens is 198 g/mol. The van der Waals surface area contributed by atoms with Crippen molar-refractivity contribution in [2.75, 3.05) is 13.1 Å². The molecule has 0 amide bonds. The molecule has 2 atom stereocenters. The minimum absolute atomic E-state index is 0.220. The second-order valence-electron chi connectivity index (χ2n) is 5.10. The summed E-state index contributed by atoms with van der Waals surface area (Å²) < 4.78 is 0. The fourth-order valence-electron chi connectivity index (χ4n) is 2.13. The topological polar surface area (TPSA) is 50.6 Å². The molecule has 0 spiro atoms. The van der Waals surface area contributed by atoms with Crippen molar-refractivity contribution in [3.05, 3.63) is 0 Å². The molecule has 2 unspecified atom stereocenters. The monoisotopic (exact) mass is 219 g/mol. The van der Waals surface area contributed by atoms with E-state index < -0.39 is 5.41 Å². The minimum atomic E-state index is -0.863. The molecule has 0 N–H and O–H groups in total. The molecule has 0 aromatic carbocycles. The van der Waals surface area contributed by atoms with Crippen LogP contribution in [0.25, 0.3) is 0 Å². The summed E-state index contributed by atoms with van der Waals surface area (Å²) in [4.78, 5) is 2.26. The summed E-state index contributed by atoms with van der Waals surface area (Å²) in [5.41, 5.74) is -1.08. The molecule has 0 radical (unpaired) electrons. The van der Waals surface area contributed by atoms with E-state index in [0.29, 0.717) is 0 Å². The van der Waals surface area contributed by atoms with E-state index in [1.165, 1.54) is 25.7 Å². The van der Waals surface area contributed by atoms with Gasteiger partial charge < -0.3 is 0 Å². The predicted octanol–water partition coefficient (Wildman–Crippen LogP) is 2.69. The fourth-order valence-corrected chi connectivity index (χ4v) is 2.13. The van der Waals surface area contributed by atoms with Crippen molar-refractivity contribution in [2.24, 2.45) is 5.41 Å². The standard InChI is InChI=1S/C13H21N3/c1-4-5-6-7-8-16-11-13(16,3)12(2,9-14)10-15/h4-8,11H2,1-3H3. The number of hydrogen-bond donors (Lipinski definition) is 0. The second kappa shape index (κ2) is 4.85. The molecule has 1 heterocycles. The van der Waals surface area contributed by atoms with Crippen molar-refractivity contribution in [3.63, 3.8) is 0 Å². The van der Waals surface area contributed by atoms with E-state index in [4.69, 9.17) is 10.5 Å². The molecule has 16 heavy (non-hydrogen) atoms. The Morgan fingerprint density at radius 2 is 1.88 bits per heavy atom. The zero-order valence-corrected chi connectivity index (χ0v) is 10.6. The van der Waals surface area contributed by atoms with Crippen molar-refractivity contribution < 1.29 is 0 Å². The van der Waals surface area contributed by atoms with E-state index in [-0.39, 0.29) is 5.54 Å². The molecule has 0 aromatic heterocycles. The molecule has 0 bridgehead atoms. The largest absolute Gasteiger partial charge is 0.292 e. The van der Waals surface area contributed by atoms with Gasteiger partial charge in [-0.1, -0.05) is 26.2 Å². The van der Waals surface area contributed by atoms with Crippen LogP contribution < -0.4 is 0 Å². The first-order valence-electron chi connectivity index (χ1n) is 6.11. The van der Waals surface area contributed by atoms with Gasteiger partial charge in [0.1, 0.15) is 0 Å². The molecular formula is C13H21N3. The van der Waals surface area contributed by atoms with Crippen molar-refractivity contribution in [1.82, 2.24) is 4.90 Å². The minimum Gasteiger partial charge on any atom is -0.292 e. The molecule has 0 aliphatic carbocycles. The van der Waals surface area contributed by atoms with Crippen LogP contribution in [0.4, 0.5) is 0 Å². The average Bonchev–Trinajstić information content (AvgIpc) is 2.96. The van der Waals surface area contributed by atoms with Crippen molar-refractivity contribution in [1.29, 1.82) is 10.5 Å². The number of nitrogens with zero attached hydrogens (tertiary/aromatic N) is 3. The number of nitriles is 2. The third-order valence-electron chi connectivity index (χ3n) is 3.90. The van der Waals surface area contributed by atoms with Crippen LogP contribution in [0.2, 0.25) is 0 Å². The highest BCUT2D eigenvalue weighted by Crippen LogP contribution is 2.46. The van der Waals surface area contributed by atoms with Gasteiger partial charge in [-0.2, -0.15) is 10.5 Å². The molecule has 3 heteroatoms. The highest BCUT2D eigenvalue weighted by Gasteiger charge is 2.60. The van der Waals surface area contributed by atoms with E-state index in [9.17, 15) is 0 Å². The van der Waals surface area contributed by atoms with Crippen LogP contribution in [-0.2, 0) is 0 Å². The first-order valence-corrected chi connectivity index (χ1v) is 6.11. The van der Waals surface area contributed by atoms with Crippen LogP contribution in [0.5, 0.6) is 0 Å². The lowest BCUT2D eigenvalue weighted by molar-refractivity contribution is 0.312. The Morgan fingerprint density at radius 3 is 2.38 bits per heavy atom. The lowest BCUT2D eigenvalue weighted by Gasteiger charge is -2.22. The van der Waals surface area contributed by atoms with Gasteiger partial charge in [-0.25, -0.2) is 0 Å². The summed E-state index contributed by atoms with van der Waals surface area (Å²) in [5.74, 6) is 0. The maximum Gasteiger partial charge on any atom is 0.160 e. The summed E-state index contributed by atoms with van der Waals surface area (Å²) in [6.07, 6.45) is 4.94. The highest BCUT2D eigenvalue weighted by atomic mass is 15.4. The van der Waals surface area contributed by atoms with Crippen LogP contribution in [0.15, 0.2) is 0 Å². The quantitative estimate of drug-likeness (QED) is 0.510. The number of unbranched alkanes of at least 4 members (excludes halogenated alkanes) is 3. The van der Waals surface area contributed by atoms with Crippen molar-refractivity contribution >= 4 is 0 Å². The molecule has 3 nitrogen and oxygen atoms in total. The first-order chi connectivity index (χ1) is 7.54. The Kier molecular flexibility index (Phi) is 3.94. The van der Waals surface area contributed by atoms with Gasteiger partial charge in [0.2, 0.25) is 0 Å². The van der Waals surface area contributed by atoms with Crippen LogP contribution in [0.3, 0.4) is 0 Å². The third-order valence-corrected chi connectivity index (χ3v) is 3.90. The van der Waals surface area contributed by atoms with Crippen molar-refractivity contribution in [3.8, 4) is 12.1 Å². The van der Waals surface area contributed by atoms with E-state index in [0.717, 1.165) is 13.1 Å². The van der Waals surface area contributed by atoms with Gasteiger partial charge in [-0.3, -0.25) is 4.90 Å². The SMILES string of the molecule is CCCCCCN1CC1(C)C(C)(C#N)C#N. The van der Waals surface area contributed by atoms with Crippen LogP contribution in [-0.4, -0.2) is 23.5 Å². The molecule has 88 valence electrons. The van der Waals surface area contributed by atoms with Gasteiger partial charge in [0.25, 0.3) is 0 Å². The summed E-state index contributed by atoms with van der Waals surface area (Å²) in [5, 5.41) is 18.2. The molecule has 0 aromatic rings. The third kappa shape index (κ3) is 2.20. The summed E-state index contributed by atoms with van der Waals surface area (Å²) in [6.45, 7) is 7.88. The van der Waals surface area contributed by atoms with E-state index in [1.807, 2.05) is 6.92 Å². The maximum atomic E-state index is 9.09. The normalized spacial score (nSPS) is 28.2. The average molecular weight is 219 g/mol. The van der Waals surface area contributed by atoms with Gasteiger partial charge in [-0.05, 0) is 26.8 Å². The number of rotatable bonds is 6. The lowest BCUT2D eigenvalue weighted by atomic mass is 9.80. The smallest absolute Gasteiger partial charge is 0.160 e. The van der Waals surface area contributed by atoms with Gasteiger partial charge in [0.15, 0.2) is 5.41 Å². The molecule has 1 saturated heterocycles. The fraction of sp³-hybridized carbons (Fsp3) is 0.846. The molecule has 1 aliphatic rings. The summed E-state index contributed by atoms with van der Waals surface area (Å²) in [6, 6.07) is 4.32. The molecule has 1 rings (SSSR count). The molecule has 0 saturated carbocycles. The van der Waals surface area contributed by atoms with Gasteiger partial charge in [0.05, 0.1) is 17.7 Å². The zero-order chi connectivity index (χ0) is 12.2. The molecule has 1 aliphatic heterocycles. The van der Waals surface area contributed by atoms with E-state index in [1.54, 1.807) is 6.92 Å². The van der Waals surface area contributed by atoms with Crippen LogP contribution in [0, 0.1) is 28.1 Å². The molecule has 1 fully saturated rings. The first kappa shape index (κ1) is 13.0. The van der Waals surface area contributed by atoms with Crippen LogP contribution >= 0.6 is 0 Å².